The van der Waals surface area contributed by atoms with E-state index in [0.29, 0.717) is 24.9 Å². The largest absolute Gasteiger partial charge is 0.480 e. The van der Waals surface area contributed by atoms with Crippen LogP contribution in [0.2, 0.25) is 0 Å². The van der Waals surface area contributed by atoms with E-state index in [2.05, 4.69) is 118 Å². The Balaban J connectivity index is 1.41. The van der Waals surface area contributed by atoms with Crippen LogP contribution < -0.4 is 4.90 Å². The summed E-state index contributed by atoms with van der Waals surface area (Å²) < 4.78 is 0. The highest BCUT2D eigenvalue weighted by Gasteiger charge is 2.15. The first kappa shape index (κ1) is 29.5. The predicted molar refractivity (Wildman–Crippen MR) is 167 cm³/mol. The van der Waals surface area contributed by atoms with E-state index in [1.54, 1.807) is 11.3 Å². The van der Waals surface area contributed by atoms with Gasteiger partial charge in [0.2, 0.25) is 0 Å². The van der Waals surface area contributed by atoms with Crippen molar-refractivity contribution in [3.8, 4) is 11.3 Å². The molecule has 5 nitrogen and oxygen atoms in total. The zero-order valence-electron chi connectivity index (χ0n) is 24.3. The third kappa shape index (κ3) is 8.03. The highest BCUT2D eigenvalue weighted by molar-refractivity contribution is 7.09. The van der Waals surface area contributed by atoms with E-state index in [1.165, 1.54) is 22.4 Å². The summed E-state index contributed by atoms with van der Waals surface area (Å²) in [6, 6.07) is 26.0. The predicted octanol–water partition coefficient (Wildman–Crippen LogP) is 8.17. The average molecular weight is 556 g/mol. The number of carboxylic acid groups (broad SMARTS) is 1. The van der Waals surface area contributed by atoms with Gasteiger partial charge in [-0.05, 0) is 53.1 Å². The van der Waals surface area contributed by atoms with Gasteiger partial charge in [0.15, 0.2) is 0 Å². The van der Waals surface area contributed by atoms with E-state index in [-0.39, 0.29) is 6.54 Å². The van der Waals surface area contributed by atoms with Crippen LogP contribution in [0.25, 0.3) is 11.3 Å². The van der Waals surface area contributed by atoms with Crippen molar-refractivity contribution >= 4 is 23.0 Å². The summed E-state index contributed by atoms with van der Waals surface area (Å²) in [7, 11) is 0. The molecule has 0 unspecified atom stereocenters. The van der Waals surface area contributed by atoms with Crippen molar-refractivity contribution < 1.29 is 9.90 Å². The van der Waals surface area contributed by atoms with Crippen LogP contribution in [-0.2, 0) is 24.4 Å². The van der Waals surface area contributed by atoms with E-state index in [0.717, 1.165) is 34.9 Å². The fraction of sp³-hybridized carbons (Fsp3) is 0.353. The number of thiazole rings is 1. The molecular weight excluding hydrogens is 514 g/mol. The molecule has 40 heavy (non-hydrogen) atoms. The van der Waals surface area contributed by atoms with Gasteiger partial charge in [-0.15, -0.1) is 11.3 Å². The van der Waals surface area contributed by atoms with Gasteiger partial charge in [0.1, 0.15) is 5.01 Å². The molecule has 0 radical (unpaired) electrons. The van der Waals surface area contributed by atoms with Gasteiger partial charge in [-0.25, -0.2) is 4.98 Å². The van der Waals surface area contributed by atoms with E-state index in [9.17, 15) is 9.90 Å². The van der Waals surface area contributed by atoms with Crippen molar-refractivity contribution in [3.05, 3.63) is 105 Å². The second-order valence-electron chi connectivity index (χ2n) is 11.0. The quantitative estimate of drug-likeness (QED) is 0.180. The monoisotopic (exact) mass is 555 g/mol. The van der Waals surface area contributed by atoms with E-state index in [4.69, 9.17) is 4.98 Å². The Bertz CT molecular complexity index is 1360. The second kappa shape index (κ2) is 13.7. The number of carbonyl (C=O) groups is 1. The number of hydrogen-bond donors (Lipinski definition) is 1. The first-order valence-electron chi connectivity index (χ1n) is 14.1. The number of carboxylic acids is 1. The van der Waals surface area contributed by atoms with Gasteiger partial charge in [0, 0.05) is 36.3 Å². The molecule has 1 aromatic heterocycles. The Morgan fingerprint density at radius 2 is 1.35 bits per heavy atom. The summed E-state index contributed by atoms with van der Waals surface area (Å²) in [6.07, 6.45) is 0. The summed E-state index contributed by atoms with van der Waals surface area (Å²) in [5.41, 5.74) is 8.24. The van der Waals surface area contributed by atoms with Gasteiger partial charge in [-0.3, -0.25) is 9.69 Å². The van der Waals surface area contributed by atoms with Gasteiger partial charge in [-0.2, -0.15) is 0 Å². The molecule has 0 aliphatic rings. The van der Waals surface area contributed by atoms with Gasteiger partial charge in [-0.1, -0.05) is 88.4 Å². The normalized spacial score (nSPS) is 11.5. The zero-order chi connectivity index (χ0) is 28.6. The smallest absolute Gasteiger partial charge is 0.317 e. The summed E-state index contributed by atoms with van der Waals surface area (Å²) in [6.45, 7) is 13.8. The molecule has 0 spiro atoms. The van der Waals surface area contributed by atoms with E-state index in [1.807, 2.05) is 4.90 Å². The van der Waals surface area contributed by atoms with Crippen molar-refractivity contribution in [1.82, 2.24) is 9.88 Å². The molecule has 0 aliphatic carbocycles. The van der Waals surface area contributed by atoms with Crippen LogP contribution >= 0.6 is 11.3 Å². The van der Waals surface area contributed by atoms with Gasteiger partial charge >= 0.3 is 5.97 Å². The minimum absolute atomic E-state index is 0.0252. The average Bonchev–Trinajstić information content (AvgIpc) is 3.40. The van der Waals surface area contributed by atoms with Gasteiger partial charge in [0.25, 0.3) is 0 Å². The van der Waals surface area contributed by atoms with Crippen LogP contribution in [-0.4, -0.2) is 34.0 Å². The molecule has 0 fully saturated rings. The minimum Gasteiger partial charge on any atom is -0.480 e. The van der Waals surface area contributed by atoms with Crippen molar-refractivity contribution in [2.45, 2.75) is 66.1 Å². The molecule has 0 saturated carbocycles. The molecule has 0 saturated heterocycles. The summed E-state index contributed by atoms with van der Waals surface area (Å²) in [5, 5.41) is 12.5. The number of hydrogen-bond acceptors (Lipinski definition) is 5. The standard InChI is InChI=1S/C34H41N3O2S/c1-6-37(20-27-9-13-29(14-10-27)25(4)5)31-17-15-30(16-18-31)32-23-40-33(35-32)21-36(22-34(38)39)19-26-7-11-28(12-8-26)24(2)3/h7-18,23-25H,6,19-22H2,1-5H3,(H,38,39). The first-order valence-corrected chi connectivity index (χ1v) is 15.0. The molecule has 4 rings (SSSR count). The summed E-state index contributed by atoms with van der Waals surface area (Å²) >= 11 is 1.58. The van der Waals surface area contributed by atoms with Crippen LogP contribution in [0.4, 0.5) is 5.69 Å². The molecule has 0 bridgehead atoms. The van der Waals surface area contributed by atoms with Gasteiger partial charge < -0.3 is 10.0 Å². The molecule has 0 amide bonds. The van der Waals surface area contributed by atoms with Crippen LogP contribution in [0.5, 0.6) is 0 Å². The van der Waals surface area contributed by atoms with Crippen LogP contribution in [0.1, 0.15) is 73.7 Å². The van der Waals surface area contributed by atoms with Crippen molar-refractivity contribution in [3.63, 3.8) is 0 Å². The highest BCUT2D eigenvalue weighted by atomic mass is 32.1. The lowest BCUT2D eigenvalue weighted by Crippen LogP contribution is -2.28. The Morgan fingerprint density at radius 1 is 0.800 bits per heavy atom. The third-order valence-corrected chi connectivity index (χ3v) is 8.09. The molecule has 6 heteroatoms. The maximum atomic E-state index is 11.6. The molecule has 1 N–H and O–H groups in total. The van der Waals surface area contributed by atoms with Crippen LogP contribution in [0.15, 0.2) is 78.2 Å². The molecule has 1 heterocycles. The number of anilines is 1. The second-order valence-corrected chi connectivity index (χ2v) is 12.0. The van der Waals surface area contributed by atoms with Crippen LogP contribution in [0, 0.1) is 0 Å². The zero-order valence-corrected chi connectivity index (χ0v) is 25.1. The maximum Gasteiger partial charge on any atom is 0.317 e. The maximum absolute atomic E-state index is 11.6. The van der Waals surface area contributed by atoms with Crippen molar-refractivity contribution in [2.24, 2.45) is 0 Å². The number of rotatable bonds is 13. The Kier molecular flexibility index (Phi) is 10.1. The molecular formula is C34H41N3O2S. The van der Waals surface area contributed by atoms with Crippen molar-refractivity contribution in [2.75, 3.05) is 18.0 Å². The Morgan fingerprint density at radius 3 is 1.85 bits per heavy atom. The number of aromatic nitrogens is 1. The van der Waals surface area contributed by atoms with E-state index >= 15 is 0 Å². The van der Waals surface area contributed by atoms with Gasteiger partial charge in [0.05, 0.1) is 18.8 Å². The number of benzene rings is 3. The summed E-state index contributed by atoms with van der Waals surface area (Å²) in [4.78, 5) is 20.7. The fourth-order valence-corrected chi connectivity index (χ4v) is 5.63. The highest BCUT2D eigenvalue weighted by Crippen LogP contribution is 2.27. The Hall–Kier alpha value is -3.48. The number of nitrogens with zero attached hydrogens (tertiary/aromatic N) is 3. The lowest BCUT2D eigenvalue weighted by atomic mass is 10.0. The molecule has 3 aromatic carbocycles. The molecule has 0 atom stereocenters. The van der Waals surface area contributed by atoms with Crippen LogP contribution in [0.3, 0.4) is 0 Å². The molecule has 4 aromatic rings. The molecule has 0 aliphatic heterocycles. The fourth-order valence-electron chi connectivity index (χ4n) is 4.79. The lowest BCUT2D eigenvalue weighted by Gasteiger charge is -2.23. The first-order chi connectivity index (χ1) is 19.2. The molecule has 210 valence electrons. The lowest BCUT2D eigenvalue weighted by molar-refractivity contribution is -0.138. The SMILES string of the molecule is CCN(Cc1ccc(C(C)C)cc1)c1ccc(-c2csc(CN(CC(=O)O)Cc3ccc(C(C)C)cc3)n2)cc1. The third-order valence-electron chi connectivity index (χ3n) is 7.25. The minimum atomic E-state index is -0.831. The Labute approximate surface area is 243 Å². The van der Waals surface area contributed by atoms with Crippen molar-refractivity contribution in [1.29, 1.82) is 0 Å². The van der Waals surface area contributed by atoms with E-state index < -0.39 is 5.97 Å². The summed E-state index contributed by atoms with van der Waals surface area (Å²) in [5.74, 6) is 0.179. The number of aliphatic carboxylic acids is 1. The topological polar surface area (TPSA) is 56.7 Å².